The minimum atomic E-state index is -1.97. The van der Waals surface area contributed by atoms with Gasteiger partial charge in [-0.15, -0.1) is 0 Å². The maximum atomic E-state index is 14.1. The zero-order chi connectivity index (χ0) is 21.3. The summed E-state index contributed by atoms with van der Waals surface area (Å²) in [5.74, 6) is -1.89. The molecule has 29 heavy (non-hydrogen) atoms. The normalized spacial score (nSPS) is 17.2. The van der Waals surface area contributed by atoms with Crippen LogP contribution < -0.4 is 10.2 Å². The second-order valence-corrected chi connectivity index (χ2v) is 8.79. The van der Waals surface area contributed by atoms with Crippen molar-refractivity contribution in [1.29, 1.82) is 0 Å². The number of nitrogens with zero attached hydrogens (tertiary/aromatic N) is 3. The topological polar surface area (TPSA) is 65.0 Å². The van der Waals surface area contributed by atoms with Gasteiger partial charge in [-0.1, -0.05) is 58.5 Å². The maximum absolute atomic E-state index is 14.1. The lowest BCUT2D eigenvalue weighted by Gasteiger charge is -2.24. The fraction of sp³-hybridized carbons (Fsp3) is 0.167. The van der Waals surface area contributed by atoms with E-state index in [1.807, 2.05) is 0 Å². The zero-order valence-electron chi connectivity index (χ0n) is 14.7. The Bertz CT molecular complexity index is 979. The number of benzene rings is 2. The fourth-order valence-corrected chi connectivity index (χ4v) is 3.01. The molecule has 1 saturated heterocycles. The Kier molecular flexibility index (Phi) is 6.24. The van der Waals surface area contributed by atoms with Crippen LogP contribution >= 0.6 is 46.4 Å². The predicted molar refractivity (Wildman–Crippen MR) is 114 cm³/mol. The van der Waals surface area contributed by atoms with E-state index in [0.717, 1.165) is 11.0 Å². The van der Waals surface area contributed by atoms with Gasteiger partial charge in [-0.05, 0) is 36.4 Å². The van der Waals surface area contributed by atoms with Crippen molar-refractivity contribution in [3.8, 4) is 0 Å². The molecule has 0 saturated carbocycles. The number of halogens is 5. The van der Waals surface area contributed by atoms with Crippen LogP contribution in [0.5, 0.6) is 0 Å². The molecule has 152 valence electrons. The van der Waals surface area contributed by atoms with Crippen LogP contribution in [-0.2, 0) is 4.79 Å². The van der Waals surface area contributed by atoms with Crippen LogP contribution in [0.2, 0.25) is 5.02 Å². The van der Waals surface area contributed by atoms with E-state index in [9.17, 15) is 14.0 Å². The molecule has 1 heterocycles. The Balaban J connectivity index is 1.97. The first-order chi connectivity index (χ1) is 13.6. The molecular formula is C18H13Cl4FN4O2. The quantitative estimate of drug-likeness (QED) is 0.493. The molecule has 1 unspecified atom stereocenters. The van der Waals surface area contributed by atoms with E-state index in [4.69, 9.17) is 46.4 Å². The average molecular weight is 478 g/mol. The standard InChI is InChI=1S/C18H13Cl4FN4O2/c1-26-14(15(28)27(17(26)29)13-5-3-2-4-12(13)23)25-16(18(20,21)22)24-11-8-6-10(19)7-9-11/h2-9,16,24H,1H3. The van der Waals surface area contributed by atoms with Crippen LogP contribution in [0, 0.1) is 5.82 Å². The number of para-hydroxylation sites is 1. The summed E-state index contributed by atoms with van der Waals surface area (Å²) in [6.07, 6.45) is -1.23. The lowest BCUT2D eigenvalue weighted by Crippen LogP contribution is -2.36. The van der Waals surface area contributed by atoms with Gasteiger partial charge >= 0.3 is 11.9 Å². The third kappa shape index (κ3) is 4.59. The summed E-state index contributed by atoms with van der Waals surface area (Å²) in [6, 6.07) is 11.1. The molecule has 1 aliphatic rings. The van der Waals surface area contributed by atoms with E-state index in [0.29, 0.717) is 15.6 Å². The molecule has 0 bridgehead atoms. The number of aliphatic imine (C=N–C) groups is 1. The third-order valence-corrected chi connectivity index (χ3v) is 4.86. The van der Waals surface area contributed by atoms with Crippen molar-refractivity contribution in [3.63, 3.8) is 0 Å². The highest BCUT2D eigenvalue weighted by atomic mass is 35.6. The molecule has 1 fully saturated rings. The highest BCUT2D eigenvalue weighted by Crippen LogP contribution is 2.34. The number of rotatable bonds is 4. The second-order valence-electron chi connectivity index (χ2n) is 5.98. The number of nitrogens with one attached hydrogen (secondary N) is 1. The van der Waals surface area contributed by atoms with Gasteiger partial charge in [0.2, 0.25) is 9.63 Å². The zero-order valence-corrected chi connectivity index (χ0v) is 17.8. The molecule has 6 nitrogen and oxygen atoms in total. The largest absolute Gasteiger partial charge is 0.360 e. The minimum absolute atomic E-state index is 0.198. The van der Waals surface area contributed by atoms with Crippen molar-refractivity contribution in [2.24, 2.45) is 4.99 Å². The summed E-state index contributed by atoms with van der Waals surface area (Å²) in [5, 5.41) is 3.37. The first-order valence-electron chi connectivity index (χ1n) is 8.13. The van der Waals surface area contributed by atoms with E-state index >= 15 is 0 Å². The van der Waals surface area contributed by atoms with Crippen molar-refractivity contribution in [2.45, 2.75) is 9.96 Å². The summed E-state index contributed by atoms with van der Waals surface area (Å²) < 4.78 is 12.2. The van der Waals surface area contributed by atoms with Gasteiger partial charge in [0.15, 0.2) is 6.17 Å². The van der Waals surface area contributed by atoms with Gasteiger partial charge in [-0.25, -0.2) is 19.1 Å². The molecule has 0 radical (unpaired) electrons. The van der Waals surface area contributed by atoms with E-state index in [1.54, 1.807) is 24.3 Å². The molecule has 1 atom stereocenters. The van der Waals surface area contributed by atoms with E-state index in [2.05, 4.69) is 10.3 Å². The molecule has 0 aromatic heterocycles. The molecule has 0 aliphatic carbocycles. The van der Waals surface area contributed by atoms with Crippen molar-refractivity contribution in [2.75, 3.05) is 17.3 Å². The molecule has 11 heteroatoms. The number of amidine groups is 1. The van der Waals surface area contributed by atoms with Gasteiger partial charge in [0.25, 0.3) is 0 Å². The average Bonchev–Trinajstić information content (AvgIpc) is 2.86. The lowest BCUT2D eigenvalue weighted by molar-refractivity contribution is -0.111. The van der Waals surface area contributed by atoms with Crippen LogP contribution in [0.1, 0.15) is 0 Å². The molecule has 1 N–H and O–H groups in total. The van der Waals surface area contributed by atoms with Gasteiger partial charge in [-0.3, -0.25) is 9.69 Å². The summed E-state index contributed by atoms with van der Waals surface area (Å²) in [6.45, 7) is 0. The van der Waals surface area contributed by atoms with Crippen molar-refractivity contribution in [1.82, 2.24) is 4.90 Å². The second kappa shape index (κ2) is 8.36. The van der Waals surface area contributed by atoms with Crippen LogP contribution in [-0.4, -0.2) is 39.7 Å². The Labute approximate surface area is 185 Å². The van der Waals surface area contributed by atoms with Gasteiger partial charge in [0.1, 0.15) is 5.82 Å². The number of carbonyl (C=O) groups is 2. The summed E-state index contributed by atoms with van der Waals surface area (Å²) in [7, 11) is 1.32. The highest BCUT2D eigenvalue weighted by molar-refractivity contribution is 6.68. The van der Waals surface area contributed by atoms with Crippen LogP contribution in [0.4, 0.5) is 20.6 Å². The number of carbonyl (C=O) groups excluding carboxylic acids is 2. The number of hydrogen-bond donors (Lipinski definition) is 1. The minimum Gasteiger partial charge on any atom is -0.360 e. The van der Waals surface area contributed by atoms with Gasteiger partial charge in [-0.2, -0.15) is 0 Å². The number of imide groups is 1. The monoisotopic (exact) mass is 476 g/mol. The summed E-state index contributed by atoms with van der Waals surface area (Å²) in [4.78, 5) is 31.2. The van der Waals surface area contributed by atoms with E-state index in [-0.39, 0.29) is 11.5 Å². The number of urea groups is 1. The van der Waals surface area contributed by atoms with E-state index in [1.165, 1.54) is 25.2 Å². The maximum Gasteiger partial charge on any atom is 0.337 e. The molecule has 2 aromatic rings. The first-order valence-corrected chi connectivity index (χ1v) is 9.64. The van der Waals surface area contributed by atoms with Crippen molar-refractivity contribution < 1.29 is 14.0 Å². The molecule has 1 aliphatic heterocycles. The number of anilines is 2. The van der Waals surface area contributed by atoms with Crippen LogP contribution in [0.3, 0.4) is 0 Å². The predicted octanol–water partition coefficient (Wildman–Crippen LogP) is 5.08. The Hall–Kier alpha value is -2.06. The van der Waals surface area contributed by atoms with E-state index < -0.39 is 27.7 Å². The SMILES string of the molecule is CN1C(=O)N(c2ccccc2F)C(=O)C1=NC(Nc1ccc(Cl)cc1)C(Cl)(Cl)Cl. The van der Waals surface area contributed by atoms with Gasteiger partial charge in [0.05, 0.1) is 5.69 Å². The molecule has 3 rings (SSSR count). The summed E-state index contributed by atoms with van der Waals surface area (Å²) >= 11 is 23.9. The third-order valence-electron chi connectivity index (χ3n) is 3.99. The van der Waals surface area contributed by atoms with Gasteiger partial charge < -0.3 is 5.32 Å². The smallest absolute Gasteiger partial charge is 0.337 e. The number of alkyl halides is 3. The van der Waals surface area contributed by atoms with Crippen molar-refractivity contribution >= 4 is 75.6 Å². The van der Waals surface area contributed by atoms with Gasteiger partial charge in [0, 0.05) is 17.8 Å². The number of likely N-dealkylation sites (N-methyl/N-ethyl adjacent to an activating group) is 1. The molecule has 0 spiro atoms. The Morgan fingerprint density at radius 2 is 1.69 bits per heavy atom. The Morgan fingerprint density at radius 1 is 1.07 bits per heavy atom. The lowest BCUT2D eigenvalue weighted by atomic mass is 10.3. The first kappa shape index (κ1) is 21.6. The fourth-order valence-electron chi connectivity index (χ4n) is 2.57. The van der Waals surface area contributed by atoms with Crippen LogP contribution in [0.15, 0.2) is 53.5 Å². The number of hydrogen-bond acceptors (Lipinski definition) is 4. The summed E-state index contributed by atoms with van der Waals surface area (Å²) in [5.41, 5.74) is 0.316. The van der Waals surface area contributed by atoms with Crippen LogP contribution in [0.25, 0.3) is 0 Å². The highest BCUT2D eigenvalue weighted by Gasteiger charge is 2.44. The Morgan fingerprint density at radius 3 is 2.28 bits per heavy atom. The molecule has 3 amide bonds. The van der Waals surface area contributed by atoms with Crippen molar-refractivity contribution in [3.05, 3.63) is 59.4 Å². The molecule has 2 aromatic carbocycles. The molecular weight excluding hydrogens is 465 g/mol. The number of amides is 3.